The van der Waals surface area contributed by atoms with E-state index in [1.165, 1.54) is 11.8 Å². The number of hydrogen-bond acceptors (Lipinski definition) is 4. The molecule has 0 aliphatic rings. The van der Waals surface area contributed by atoms with Crippen LogP contribution in [0.5, 0.6) is 0 Å². The fourth-order valence-corrected chi connectivity index (χ4v) is 1.44. The smallest absolute Gasteiger partial charge is 0.318 e. The van der Waals surface area contributed by atoms with Crippen molar-refractivity contribution in [3.05, 3.63) is 0 Å². The average Bonchev–Trinajstić information content (AvgIpc) is 2.00. The highest BCUT2D eigenvalue weighted by Crippen LogP contribution is 2.12. The molecule has 5 nitrogen and oxygen atoms in total. The van der Waals surface area contributed by atoms with Gasteiger partial charge >= 0.3 is 6.03 Å². The molecule has 6 heteroatoms. The van der Waals surface area contributed by atoms with E-state index < -0.39 is 11.9 Å². The molecule has 0 bridgehead atoms. The van der Waals surface area contributed by atoms with Gasteiger partial charge in [-0.15, -0.1) is 11.8 Å². The van der Waals surface area contributed by atoms with Gasteiger partial charge in [-0.05, 0) is 6.42 Å². The van der Waals surface area contributed by atoms with E-state index in [1.807, 2.05) is 12.2 Å². The number of urea groups is 1. The van der Waals surface area contributed by atoms with Gasteiger partial charge in [-0.3, -0.25) is 10.1 Å². The number of primary amides is 1. The number of nitrogens with one attached hydrogen (secondary N) is 1. The fraction of sp³-hybridized carbons (Fsp3) is 0.714. The summed E-state index contributed by atoms with van der Waals surface area (Å²) in [5, 5.41) is 10.7. The Labute approximate surface area is 81.1 Å². The highest BCUT2D eigenvalue weighted by atomic mass is 32.2. The van der Waals surface area contributed by atoms with E-state index in [0.717, 1.165) is 0 Å². The van der Waals surface area contributed by atoms with Gasteiger partial charge in [-0.1, -0.05) is 6.92 Å². The molecule has 4 N–H and O–H groups in total. The van der Waals surface area contributed by atoms with Gasteiger partial charge in [0.2, 0.25) is 5.91 Å². The van der Waals surface area contributed by atoms with Gasteiger partial charge in [0, 0.05) is 11.9 Å². The average molecular weight is 206 g/mol. The van der Waals surface area contributed by atoms with Crippen molar-refractivity contribution in [2.45, 2.75) is 18.6 Å². The molecule has 0 saturated heterocycles. The van der Waals surface area contributed by atoms with Crippen LogP contribution in [0.2, 0.25) is 0 Å². The molecular formula is C7H14N2O3S. The van der Waals surface area contributed by atoms with Gasteiger partial charge < -0.3 is 10.8 Å². The normalized spacial score (nSPS) is 12.2. The van der Waals surface area contributed by atoms with Gasteiger partial charge in [0.1, 0.15) is 0 Å². The first kappa shape index (κ1) is 12.2. The number of aliphatic hydroxyl groups is 1. The van der Waals surface area contributed by atoms with Crippen LogP contribution in [-0.4, -0.2) is 34.7 Å². The molecule has 3 amide bonds. The lowest BCUT2D eigenvalue weighted by Crippen LogP contribution is -2.36. The molecule has 13 heavy (non-hydrogen) atoms. The van der Waals surface area contributed by atoms with Crippen molar-refractivity contribution >= 4 is 23.7 Å². The van der Waals surface area contributed by atoms with Crippen molar-refractivity contribution in [3.8, 4) is 0 Å². The molecule has 0 aromatic rings. The number of carbonyl (C=O) groups excluding carboxylic acids is 2. The third-order valence-electron chi connectivity index (χ3n) is 1.30. The molecule has 1 unspecified atom stereocenters. The zero-order chi connectivity index (χ0) is 10.3. The third kappa shape index (κ3) is 7.61. The van der Waals surface area contributed by atoms with E-state index in [4.69, 9.17) is 10.8 Å². The molecule has 0 aliphatic carbocycles. The maximum absolute atomic E-state index is 10.9. The van der Waals surface area contributed by atoms with Crippen LogP contribution in [0.1, 0.15) is 13.3 Å². The van der Waals surface area contributed by atoms with Crippen LogP contribution in [0.3, 0.4) is 0 Å². The summed E-state index contributed by atoms with van der Waals surface area (Å²) in [5.74, 6) is -0.216. The lowest BCUT2D eigenvalue weighted by atomic mass is 10.3. The molecule has 0 aliphatic heterocycles. The second-order valence-electron chi connectivity index (χ2n) is 2.55. The lowest BCUT2D eigenvalue weighted by Gasteiger charge is -2.07. The minimum atomic E-state index is -0.833. The summed E-state index contributed by atoms with van der Waals surface area (Å²) in [4.78, 5) is 21.1. The van der Waals surface area contributed by atoms with Gasteiger partial charge in [0.25, 0.3) is 0 Å². The van der Waals surface area contributed by atoms with Crippen molar-refractivity contribution in [3.63, 3.8) is 0 Å². The molecule has 0 aromatic carbocycles. The van der Waals surface area contributed by atoms with Crippen LogP contribution in [0.25, 0.3) is 0 Å². The Kier molecular flexibility index (Phi) is 6.34. The quantitative estimate of drug-likeness (QED) is 0.575. The lowest BCUT2D eigenvalue weighted by molar-refractivity contribution is -0.117. The van der Waals surface area contributed by atoms with Gasteiger partial charge in [0.15, 0.2) is 0 Å². The van der Waals surface area contributed by atoms with Crippen LogP contribution in [0, 0.1) is 0 Å². The second-order valence-corrected chi connectivity index (χ2v) is 3.97. The van der Waals surface area contributed by atoms with E-state index in [0.29, 0.717) is 6.42 Å². The number of aliphatic hydroxyl groups excluding tert-OH is 1. The number of hydrogen-bond donors (Lipinski definition) is 3. The Morgan fingerprint density at radius 1 is 1.62 bits per heavy atom. The van der Waals surface area contributed by atoms with E-state index in [9.17, 15) is 9.59 Å². The van der Waals surface area contributed by atoms with Crippen molar-refractivity contribution < 1.29 is 14.7 Å². The maximum atomic E-state index is 10.9. The molecule has 1 atom stereocenters. The number of nitrogens with two attached hydrogens (primary N) is 1. The van der Waals surface area contributed by atoms with E-state index >= 15 is 0 Å². The molecule has 0 aromatic heterocycles. The molecule has 76 valence electrons. The predicted molar refractivity (Wildman–Crippen MR) is 51.3 cm³/mol. The molecule has 0 saturated carbocycles. The highest BCUT2D eigenvalue weighted by molar-refractivity contribution is 8.00. The Bertz CT molecular complexity index is 187. The van der Waals surface area contributed by atoms with Gasteiger partial charge in [-0.2, -0.15) is 0 Å². The van der Waals surface area contributed by atoms with Crippen molar-refractivity contribution in [1.82, 2.24) is 5.32 Å². The summed E-state index contributed by atoms with van der Waals surface area (Å²) in [7, 11) is 0. The first-order valence-corrected chi connectivity index (χ1v) is 4.93. The van der Waals surface area contributed by atoms with Gasteiger partial charge in [-0.25, -0.2) is 4.79 Å². The maximum Gasteiger partial charge on any atom is 0.318 e. The van der Waals surface area contributed by atoms with Crippen molar-refractivity contribution in [1.29, 1.82) is 0 Å². The molecule has 0 rings (SSSR count). The summed E-state index contributed by atoms with van der Waals surface area (Å²) in [5.41, 5.74) is 4.74. The van der Waals surface area contributed by atoms with E-state index in [1.54, 1.807) is 0 Å². The molecule has 0 fully saturated rings. The second kappa shape index (κ2) is 6.73. The Morgan fingerprint density at radius 2 is 2.23 bits per heavy atom. The summed E-state index contributed by atoms with van der Waals surface area (Å²) >= 11 is 1.37. The Hall–Kier alpha value is -0.750. The molecular weight excluding hydrogens is 192 g/mol. The number of thioether (sulfide) groups is 1. The Balaban J connectivity index is 3.51. The summed E-state index contributed by atoms with van der Waals surface area (Å²) in [6.45, 7) is 2.00. The first-order chi connectivity index (χ1) is 6.06. The van der Waals surface area contributed by atoms with Crippen molar-refractivity contribution in [2.75, 3.05) is 12.4 Å². The topological polar surface area (TPSA) is 92.4 Å². The zero-order valence-electron chi connectivity index (χ0n) is 7.45. The minimum absolute atomic E-state index is 0.103. The molecule has 0 spiro atoms. The van der Waals surface area contributed by atoms with Crippen LogP contribution in [0.15, 0.2) is 0 Å². The van der Waals surface area contributed by atoms with Crippen LogP contribution < -0.4 is 11.1 Å². The summed E-state index contributed by atoms with van der Waals surface area (Å²) < 4.78 is 0. The summed E-state index contributed by atoms with van der Waals surface area (Å²) in [6.07, 6.45) is 0.633. The van der Waals surface area contributed by atoms with Crippen LogP contribution in [-0.2, 0) is 4.79 Å². The standard InChI is InChI=1S/C7H14N2O3S/c1-5(2-3-10)13-4-6(11)9-7(8)12/h5,10H,2-4H2,1H3,(H3,8,9,11,12). The van der Waals surface area contributed by atoms with E-state index in [-0.39, 0.29) is 17.6 Å². The number of amides is 3. The predicted octanol–water partition coefficient (Wildman–Crippen LogP) is -0.315. The summed E-state index contributed by atoms with van der Waals surface area (Å²) in [6, 6.07) is -0.833. The largest absolute Gasteiger partial charge is 0.396 e. The monoisotopic (exact) mass is 206 g/mol. The zero-order valence-corrected chi connectivity index (χ0v) is 8.26. The fourth-order valence-electron chi connectivity index (χ4n) is 0.657. The van der Waals surface area contributed by atoms with E-state index in [2.05, 4.69) is 0 Å². The van der Waals surface area contributed by atoms with Crippen LogP contribution >= 0.6 is 11.8 Å². The first-order valence-electron chi connectivity index (χ1n) is 3.88. The molecule has 0 heterocycles. The molecule has 0 radical (unpaired) electrons. The third-order valence-corrected chi connectivity index (χ3v) is 2.53. The minimum Gasteiger partial charge on any atom is -0.396 e. The SMILES string of the molecule is CC(CCO)SCC(=O)NC(N)=O. The highest BCUT2D eigenvalue weighted by Gasteiger charge is 2.07. The van der Waals surface area contributed by atoms with Gasteiger partial charge in [0.05, 0.1) is 5.75 Å². The van der Waals surface area contributed by atoms with Crippen LogP contribution in [0.4, 0.5) is 4.79 Å². The van der Waals surface area contributed by atoms with Crippen molar-refractivity contribution in [2.24, 2.45) is 5.73 Å². The number of carbonyl (C=O) groups is 2. The number of rotatable bonds is 5. The Morgan fingerprint density at radius 3 is 2.69 bits per heavy atom. The number of imide groups is 1.